The number of nitrogen functional groups attached to an aromatic ring is 1. The maximum atomic E-state index is 12.1. The Labute approximate surface area is 111 Å². The normalized spacial score (nSPS) is 26.6. The average Bonchev–Trinajstić information content (AvgIpc) is 2.79. The van der Waals surface area contributed by atoms with Crippen LogP contribution in [0, 0.1) is 6.92 Å². The summed E-state index contributed by atoms with van der Waals surface area (Å²) in [5.41, 5.74) is 6.09. The van der Waals surface area contributed by atoms with Crippen LogP contribution in [-0.4, -0.2) is 45.7 Å². The summed E-state index contributed by atoms with van der Waals surface area (Å²) in [4.78, 5) is 12.1. The van der Waals surface area contributed by atoms with Gasteiger partial charge >= 0.3 is 0 Å². The Kier molecular flexibility index (Phi) is 3.51. The number of ether oxygens (including phenoxy) is 1. The largest absolute Gasteiger partial charge is 0.395 e. The molecule has 2 heterocycles. The maximum absolute atomic E-state index is 12.1. The minimum absolute atomic E-state index is 0.136. The Morgan fingerprint density at radius 2 is 2.42 bits per heavy atom. The van der Waals surface area contributed by atoms with Crippen LogP contribution in [0.15, 0.2) is 0 Å². The van der Waals surface area contributed by atoms with Gasteiger partial charge in [0.1, 0.15) is 11.3 Å². The smallest absolute Gasteiger partial charge is 0.271 e. The van der Waals surface area contributed by atoms with E-state index >= 15 is 0 Å². The molecule has 4 N–H and O–H groups in total. The van der Waals surface area contributed by atoms with Gasteiger partial charge in [-0.25, -0.2) is 0 Å². The van der Waals surface area contributed by atoms with E-state index in [-0.39, 0.29) is 18.6 Å². The predicted molar refractivity (Wildman–Crippen MR) is 69.7 cm³/mol. The zero-order valence-corrected chi connectivity index (χ0v) is 11.4. The van der Waals surface area contributed by atoms with Gasteiger partial charge in [0.15, 0.2) is 0 Å². The lowest BCUT2D eigenvalue weighted by molar-refractivity contribution is -0.0252. The third-order valence-electron chi connectivity index (χ3n) is 3.70. The quantitative estimate of drug-likeness (QED) is 0.691. The topological polar surface area (TPSA) is 102 Å². The first-order valence-electron chi connectivity index (χ1n) is 6.26. The van der Waals surface area contributed by atoms with Gasteiger partial charge in [0.05, 0.1) is 17.5 Å². The lowest BCUT2D eigenvalue weighted by atomic mass is 9.97. The van der Waals surface area contributed by atoms with E-state index in [4.69, 9.17) is 10.5 Å². The number of hydrogen-bond acceptors (Lipinski definition) is 5. The molecule has 2 atom stereocenters. The monoisotopic (exact) mass is 268 g/mol. The number of nitrogens with two attached hydrogens (primary N) is 1. The van der Waals surface area contributed by atoms with E-state index in [9.17, 15) is 9.90 Å². The summed E-state index contributed by atoms with van der Waals surface area (Å²) < 4.78 is 6.76. The lowest BCUT2D eigenvalue weighted by Crippen LogP contribution is -2.47. The molecule has 1 aromatic heterocycles. The van der Waals surface area contributed by atoms with E-state index in [0.717, 1.165) is 0 Å². The standard InChI is InChI=1S/C12H20N4O3/c1-7-9(13)10(16(3)15-7)11(17)14-6-12(18)4-5-19-8(12)2/h8,18H,4-6,13H2,1-3H3,(H,14,17). The van der Waals surface area contributed by atoms with Crippen LogP contribution in [0.1, 0.15) is 29.5 Å². The number of carbonyl (C=O) groups excluding carboxylic acids is 1. The molecule has 19 heavy (non-hydrogen) atoms. The van der Waals surface area contributed by atoms with Crippen LogP contribution >= 0.6 is 0 Å². The highest BCUT2D eigenvalue weighted by Gasteiger charge is 2.40. The van der Waals surface area contributed by atoms with Crippen molar-refractivity contribution in [3.8, 4) is 0 Å². The molecule has 7 heteroatoms. The molecule has 2 rings (SSSR count). The maximum Gasteiger partial charge on any atom is 0.271 e. The molecule has 1 saturated heterocycles. The fourth-order valence-corrected chi connectivity index (χ4v) is 2.26. The number of aryl methyl sites for hydroxylation is 2. The molecule has 1 amide bonds. The van der Waals surface area contributed by atoms with Gasteiger partial charge in [0.2, 0.25) is 0 Å². The van der Waals surface area contributed by atoms with Gasteiger partial charge in [-0.3, -0.25) is 9.48 Å². The van der Waals surface area contributed by atoms with Crippen molar-refractivity contribution in [2.45, 2.75) is 32.0 Å². The van der Waals surface area contributed by atoms with Crippen molar-refractivity contribution in [1.29, 1.82) is 0 Å². The lowest BCUT2D eigenvalue weighted by Gasteiger charge is -2.26. The molecular weight excluding hydrogens is 248 g/mol. The van der Waals surface area contributed by atoms with Crippen LogP contribution in [0.4, 0.5) is 5.69 Å². The molecule has 0 aromatic carbocycles. The third kappa shape index (κ3) is 2.43. The number of aliphatic hydroxyl groups is 1. The molecule has 1 fully saturated rings. The molecule has 0 radical (unpaired) electrons. The van der Waals surface area contributed by atoms with Gasteiger partial charge in [-0.2, -0.15) is 5.10 Å². The van der Waals surface area contributed by atoms with Crippen molar-refractivity contribution >= 4 is 11.6 Å². The van der Waals surface area contributed by atoms with E-state index in [1.54, 1.807) is 20.9 Å². The summed E-state index contributed by atoms with van der Waals surface area (Å²) in [5, 5.41) is 17.1. The molecular formula is C12H20N4O3. The summed E-state index contributed by atoms with van der Waals surface area (Å²) in [6.45, 7) is 4.17. The van der Waals surface area contributed by atoms with Crippen LogP contribution in [0.2, 0.25) is 0 Å². The molecule has 1 aromatic rings. The van der Waals surface area contributed by atoms with Gasteiger partial charge in [-0.1, -0.05) is 0 Å². The van der Waals surface area contributed by atoms with Crippen molar-refractivity contribution < 1.29 is 14.6 Å². The second kappa shape index (κ2) is 4.82. The highest BCUT2D eigenvalue weighted by atomic mass is 16.5. The molecule has 2 unspecified atom stereocenters. The molecule has 106 valence electrons. The zero-order chi connectivity index (χ0) is 14.2. The zero-order valence-electron chi connectivity index (χ0n) is 11.4. The highest BCUT2D eigenvalue weighted by molar-refractivity contribution is 5.97. The number of anilines is 1. The molecule has 0 aliphatic carbocycles. The van der Waals surface area contributed by atoms with Crippen molar-refractivity contribution in [3.63, 3.8) is 0 Å². The van der Waals surface area contributed by atoms with E-state index in [1.807, 2.05) is 0 Å². The number of aromatic nitrogens is 2. The van der Waals surface area contributed by atoms with Crippen LogP contribution in [0.25, 0.3) is 0 Å². The minimum atomic E-state index is -1.02. The first kappa shape index (κ1) is 13.8. The average molecular weight is 268 g/mol. The predicted octanol–water partition coefficient (Wildman–Crippen LogP) is -0.420. The van der Waals surface area contributed by atoms with Crippen molar-refractivity contribution in [2.75, 3.05) is 18.9 Å². The fraction of sp³-hybridized carbons (Fsp3) is 0.667. The Hall–Kier alpha value is -1.60. The summed E-state index contributed by atoms with van der Waals surface area (Å²) in [7, 11) is 1.66. The SMILES string of the molecule is Cc1nn(C)c(C(=O)NCC2(O)CCOC2C)c1N. The number of carbonyl (C=O) groups is 1. The molecule has 1 aliphatic heterocycles. The Morgan fingerprint density at radius 1 is 1.74 bits per heavy atom. The number of hydrogen-bond donors (Lipinski definition) is 3. The number of nitrogens with one attached hydrogen (secondary N) is 1. The Bertz CT molecular complexity index is 499. The summed E-state index contributed by atoms with van der Waals surface area (Å²) in [5.74, 6) is -0.340. The van der Waals surface area contributed by atoms with Gasteiger partial charge < -0.3 is 20.9 Å². The minimum Gasteiger partial charge on any atom is -0.395 e. The molecule has 1 aliphatic rings. The molecule has 0 bridgehead atoms. The molecule has 0 saturated carbocycles. The van der Waals surface area contributed by atoms with Gasteiger partial charge in [-0.05, 0) is 13.8 Å². The van der Waals surface area contributed by atoms with Crippen LogP contribution in [0.3, 0.4) is 0 Å². The number of nitrogens with zero attached hydrogens (tertiary/aromatic N) is 2. The van der Waals surface area contributed by atoms with Crippen LogP contribution in [0.5, 0.6) is 0 Å². The summed E-state index contributed by atoms with van der Waals surface area (Å²) in [6, 6.07) is 0. The van der Waals surface area contributed by atoms with E-state index in [1.165, 1.54) is 4.68 Å². The highest BCUT2D eigenvalue weighted by Crippen LogP contribution is 2.25. The first-order chi connectivity index (χ1) is 8.85. The van der Waals surface area contributed by atoms with E-state index in [0.29, 0.717) is 30.1 Å². The van der Waals surface area contributed by atoms with Crippen molar-refractivity contribution in [3.05, 3.63) is 11.4 Å². The summed E-state index contributed by atoms with van der Waals surface area (Å²) in [6.07, 6.45) is 0.215. The van der Waals surface area contributed by atoms with Gasteiger partial charge in [-0.15, -0.1) is 0 Å². The second-order valence-corrected chi connectivity index (χ2v) is 5.02. The second-order valence-electron chi connectivity index (χ2n) is 5.02. The van der Waals surface area contributed by atoms with Gasteiger partial charge in [0, 0.05) is 26.6 Å². The summed E-state index contributed by atoms with van der Waals surface area (Å²) >= 11 is 0. The van der Waals surface area contributed by atoms with E-state index < -0.39 is 5.60 Å². The Balaban J connectivity index is 2.06. The van der Waals surface area contributed by atoms with Crippen LogP contribution in [-0.2, 0) is 11.8 Å². The molecule has 7 nitrogen and oxygen atoms in total. The molecule has 0 spiro atoms. The number of amides is 1. The third-order valence-corrected chi connectivity index (χ3v) is 3.70. The first-order valence-corrected chi connectivity index (χ1v) is 6.26. The van der Waals surface area contributed by atoms with Crippen molar-refractivity contribution in [2.24, 2.45) is 7.05 Å². The van der Waals surface area contributed by atoms with Gasteiger partial charge in [0.25, 0.3) is 5.91 Å². The van der Waals surface area contributed by atoms with Crippen LogP contribution < -0.4 is 11.1 Å². The number of rotatable bonds is 3. The van der Waals surface area contributed by atoms with E-state index in [2.05, 4.69) is 10.4 Å². The Morgan fingerprint density at radius 3 is 2.89 bits per heavy atom. The van der Waals surface area contributed by atoms with Crippen molar-refractivity contribution in [1.82, 2.24) is 15.1 Å². The fourth-order valence-electron chi connectivity index (χ4n) is 2.26.